The number of ether oxygens (including phenoxy) is 1. The van der Waals surface area contributed by atoms with Gasteiger partial charge >= 0.3 is 6.09 Å². The molecule has 2 amide bonds. The topological polar surface area (TPSA) is 61.9 Å². The Bertz CT molecular complexity index is 623. The summed E-state index contributed by atoms with van der Waals surface area (Å²) >= 11 is 0. The first-order valence-corrected chi connectivity index (χ1v) is 11.6. The molecular formula is C24H39N3O3. The maximum Gasteiger partial charge on any atom is 0.409 e. The van der Waals surface area contributed by atoms with E-state index < -0.39 is 0 Å². The molecule has 1 unspecified atom stereocenters. The van der Waals surface area contributed by atoms with Gasteiger partial charge in [-0.25, -0.2) is 4.79 Å². The van der Waals surface area contributed by atoms with Gasteiger partial charge in [-0.05, 0) is 30.7 Å². The van der Waals surface area contributed by atoms with Crippen LogP contribution < -0.4 is 5.32 Å². The third-order valence-corrected chi connectivity index (χ3v) is 5.78. The first-order valence-electron chi connectivity index (χ1n) is 11.6. The molecular weight excluding hydrogens is 378 g/mol. The van der Waals surface area contributed by atoms with Crippen molar-refractivity contribution < 1.29 is 14.3 Å². The van der Waals surface area contributed by atoms with Gasteiger partial charge in [0, 0.05) is 32.7 Å². The average Bonchev–Trinajstić information content (AvgIpc) is 3.00. The largest absolute Gasteiger partial charge is 0.449 e. The summed E-state index contributed by atoms with van der Waals surface area (Å²) in [4.78, 5) is 28.6. The molecule has 0 aliphatic carbocycles. The van der Waals surface area contributed by atoms with E-state index in [1.54, 1.807) is 4.90 Å². The zero-order chi connectivity index (χ0) is 21.6. The maximum atomic E-state index is 12.5. The van der Waals surface area contributed by atoms with E-state index in [-0.39, 0.29) is 12.0 Å². The Morgan fingerprint density at radius 3 is 2.63 bits per heavy atom. The van der Waals surface area contributed by atoms with Gasteiger partial charge in [0.1, 0.15) is 0 Å². The summed E-state index contributed by atoms with van der Waals surface area (Å²) in [5.74, 6) is 0.501. The lowest BCUT2D eigenvalue weighted by atomic mass is 10.0. The highest BCUT2D eigenvalue weighted by atomic mass is 16.6. The lowest BCUT2D eigenvalue weighted by Crippen LogP contribution is -2.40. The number of unbranched alkanes of at least 4 members (excludes halogenated alkanes) is 1. The molecule has 1 aromatic rings. The Balaban J connectivity index is 1.65. The van der Waals surface area contributed by atoms with Crippen LogP contribution in [-0.2, 0) is 16.0 Å². The molecule has 6 heteroatoms. The molecule has 1 heterocycles. The first kappa shape index (κ1) is 24.2. The Kier molecular flexibility index (Phi) is 11.3. The van der Waals surface area contributed by atoms with Crippen LogP contribution in [0.4, 0.5) is 4.79 Å². The highest BCUT2D eigenvalue weighted by Crippen LogP contribution is 2.14. The average molecular weight is 418 g/mol. The normalized spacial score (nSPS) is 16.0. The van der Waals surface area contributed by atoms with Crippen LogP contribution >= 0.6 is 0 Å². The second-order valence-corrected chi connectivity index (χ2v) is 8.20. The van der Waals surface area contributed by atoms with Crippen LogP contribution in [0.3, 0.4) is 0 Å². The molecule has 1 fully saturated rings. The van der Waals surface area contributed by atoms with E-state index in [2.05, 4.69) is 36.2 Å². The summed E-state index contributed by atoms with van der Waals surface area (Å²) in [6.45, 7) is 8.71. The van der Waals surface area contributed by atoms with Crippen molar-refractivity contribution in [2.45, 2.75) is 52.4 Å². The molecule has 1 aliphatic heterocycles. The van der Waals surface area contributed by atoms with Crippen molar-refractivity contribution in [2.24, 2.45) is 5.92 Å². The van der Waals surface area contributed by atoms with Crippen LogP contribution in [-0.4, -0.2) is 67.7 Å². The number of carbonyl (C=O) groups excluding carboxylic acids is 2. The summed E-state index contributed by atoms with van der Waals surface area (Å²) in [5, 5.41) is 3.00. The number of hydrogen-bond donors (Lipinski definition) is 1. The van der Waals surface area contributed by atoms with E-state index in [1.807, 2.05) is 18.2 Å². The fraction of sp³-hybridized carbons (Fsp3) is 0.667. The van der Waals surface area contributed by atoms with Crippen LogP contribution in [0.1, 0.15) is 51.5 Å². The number of benzene rings is 1. The molecule has 0 bridgehead atoms. The molecule has 6 nitrogen and oxygen atoms in total. The summed E-state index contributed by atoms with van der Waals surface area (Å²) in [6, 6.07) is 10.2. The number of rotatable bonds is 11. The Morgan fingerprint density at radius 1 is 1.10 bits per heavy atom. The highest BCUT2D eigenvalue weighted by molar-refractivity contribution is 5.78. The third-order valence-electron chi connectivity index (χ3n) is 5.78. The number of carbonyl (C=O) groups is 2. The lowest BCUT2D eigenvalue weighted by molar-refractivity contribution is -0.122. The van der Waals surface area contributed by atoms with Gasteiger partial charge in [-0.1, -0.05) is 63.4 Å². The van der Waals surface area contributed by atoms with Gasteiger partial charge in [0.15, 0.2) is 0 Å². The minimum atomic E-state index is -0.209. The number of nitrogens with one attached hydrogen (secondary N) is 1. The molecule has 1 aliphatic rings. The number of hydrogen-bond acceptors (Lipinski definition) is 4. The van der Waals surface area contributed by atoms with Crippen LogP contribution in [0.25, 0.3) is 0 Å². The van der Waals surface area contributed by atoms with Crippen molar-refractivity contribution in [3.8, 4) is 0 Å². The zero-order valence-electron chi connectivity index (χ0n) is 18.8. The monoisotopic (exact) mass is 417 g/mol. The molecule has 0 spiro atoms. The standard InChI is InChI=1S/C24H39N3O3/c1-3-5-10-21(4-2)20-30-24(29)27-16-9-15-26(17-18-27)19-23(28)25-14-13-22-11-7-6-8-12-22/h6-8,11-12,21H,3-5,9-10,13-20H2,1-2H3,(H,25,28). The van der Waals surface area contributed by atoms with Crippen molar-refractivity contribution in [3.63, 3.8) is 0 Å². The van der Waals surface area contributed by atoms with Gasteiger partial charge in [-0.15, -0.1) is 0 Å². The zero-order valence-corrected chi connectivity index (χ0v) is 18.8. The van der Waals surface area contributed by atoms with E-state index in [9.17, 15) is 9.59 Å². The van der Waals surface area contributed by atoms with Crippen LogP contribution in [0, 0.1) is 5.92 Å². The van der Waals surface area contributed by atoms with Crippen molar-refractivity contribution in [1.82, 2.24) is 15.1 Å². The lowest BCUT2D eigenvalue weighted by Gasteiger charge is -2.22. The molecule has 1 saturated heterocycles. The fourth-order valence-corrected chi connectivity index (χ4v) is 3.74. The second kappa shape index (κ2) is 14.0. The van der Waals surface area contributed by atoms with Gasteiger partial charge in [0.05, 0.1) is 13.2 Å². The van der Waals surface area contributed by atoms with Gasteiger partial charge in [0.2, 0.25) is 5.91 Å². The molecule has 2 rings (SSSR count). The van der Waals surface area contributed by atoms with Gasteiger partial charge < -0.3 is 15.0 Å². The Hall–Kier alpha value is -2.08. The molecule has 0 saturated carbocycles. The van der Waals surface area contributed by atoms with E-state index in [0.29, 0.717) is 45.2 Å². The quantitative estimate of drug-likeness (QED) is 0.596. The number of nitrogens with zero attached hydrogens (tertiary/aromatic N) is 2. The van der Waals surface area contributed by atoms with Crippen molar-refractivity contribution in [1.29, 1.82) is 0 Å². The molecule has 168 valence electrons. The van der Waals surface area contributed by atoms with Crippen LogP contribution in [0.15, 0.2) is 30.3 Å². The van der Waals surface area contributed by atoms with Crippen molar-refractivity contribution in [2.75, 3.05) is 45.9 Å². The molecule has 1 aromatic carbocycles. The Morgan fingerprint density at radius 2 is 1.90 bits per heavy atom. The molecule has 1 atom stereocenters. The van der Waals surface area contributed by atoms with Crippen molar-refractivity contribution in [3.05, 3.63) is 35.9 Å². The minimum absolute atomic E-state index is 0.0451. The van der Waals surface area contributed by atoms with E-state index in [4.69, 9.17) is 4.74 Å². The predicted molar refractivity (Wildman–Crippen MR) is 120 cm³/mol. The smallest absolute Gasteiger partial charge is 0.409 e. The molecule has 30 heavy (non-hydrogen) atoms. The van der Waals surface area contributed by atoms with Crippen molar-refractivity contribution >= 4 is 12.0 Å². The Labute approximate surface area is 182 Å². The molecule has 1 N–H and O–H groups in total. The molecule has 0 aromatic heterocycles. The minimum Gasteiger partial charge on any atom is -0.449 e. The van der Waals surface area contributed by atoms with Gasteiger partial charge in [-0.3, -0.25) is 9.69 Å². The van der Waals surface area contributed by atoms with E-state index in [0.717, 1.165) is 32.2 Å². The third kappa shape index (κ3) is 9.16. The summed E-state index contributed by atoms with van der Waals surface area (Å²) in [6.07, 6.45) is 6.00. The van der Waals surface area contributed by atoms with E-state index >= 15 is 0 Å². The highest BCUT2D eigenvalue weighted by Gasteiger charge is 2.22. The maximum absolute atomic E-state index is 12.5. The number of amides is 2. The fourth-order valence-electron chi connectivity index (χ4n) is 3.74. The van der Waals surface area contributed by atoms with Gasteiger partial charge in [-0.2, -0.15) is 0 Å². The first-order chi connectivity index (χ1) is 14.6. The summed E-state index contributed by atoms with van der Waals surface area (Å²) in [5.41, 5.74) is 1.22. The van der Waals surface area contributed by atoms with Crippen LogP contribution in [0.2, 0.25) is 0 Å². The molecule has 0 radical (unpaired) electrons. The predicted octanol–water partition coefficient (Wildman–Crippen LogP) is 3.71. The van der Waals surface area contributed by atoms with E-state index in [1.165, 1.54) is 18.4 Å². The second-order valence-electron chi connectivity index (χ2n) is 8.20. The van der Waals surface area contributed by atoms with Crippen LogP contribution in [0.5, 0.6) is 0 Å². The van der Waals surface area contributed by atoms with Gasteiger partial charge in [0.25, 0.3) is 0 Å². The summed E-state index contributed by atoms with van der Waals surface area (Å²) < 4.78 is 5.59. The SMILES string of the molecule is CCCCC(CC)COC(=O)N1CCCN(CC(=O)NCCc2ccccc2)CC1. The summed E-state index contributed by atoms with van der Waals surface area (Å²) in [7, 11) is 0.